The van der Waals surface area contributed by atoms with E-state index in [0.717, 1.165) is 5.82 Å². The third-order valence-corrected chi connectivity index (χ3v) is 3.95. The van der Waals surface area contributed by atoms with Crippen molar-refractivity contribution in [3.63, 3.8) is 0 Å². The van der Waals surface area contributed by atoms with Crippen molar-refractivity contribution in [3.05, 3.63) is 51.8 Å². The van der Waals surface area contributed by atoms with Gasteiger partial charge in [-0.25, -0.2) is 9.37 Å². The van der Waals surface area contributed by atoms with E-state index < -0.39 is 11.4 Å². The second-order valence-corrected chi connectivity index (χ2v) is 5.79. The van der Waals surface area contributed by atoms with Crippen LogP contribution in [0.25, 0.3) is 0 Å². The van der Waals surface area contributed by atoms with Gasteiger partial charge in [-0.15, -0.1) is 0 Å². The van der Waals surface area contributed by atoms with Gasteiger partial charge in [0.15, 0.2) is 0 Å². The zero-order valence-electron chi connectivity index (χ0n) is 11.2. The summed E-state index contributed by atoms with van der Waals surface area (Å²) in [5.41, 5.74) is -0.927. The summed E-state index contributed by atoms with van der Waals surface area (Å²) in [6.07, 6.45) is 4.45. The minimum absolute atomic E-state index is 0.0568. The fourth-order valence-corrected chi connectivity index (χ4v) is 2.65. The predicted octanol–water partition coefficient (Wildman–Crippen LogP) is 3.71. The third-order valence-electron chi connectivity index (χ3n) is 3.35. The third kappa shape index (κ3) is 3.14. The molecule has 0 amide bonds. The number of benzene rings is 1. The van der Waals surface area contributed by atoms with Crippen LogP contribution < -0.4 is 0 Å². The average molecular weight is 317 g/mol. The van der Waals surface area contributed by atoms with Gasteiger partial charge in [0.1, 0.15) is 11.6 Å². The van der Waals surface area contributed by atoms with Crippen LogP contribution in [0.2, 0.25) is 10.0 Å². The van der Waals surface area contributed by atoms with Gasteiger partial charge >= 0.3 is 0 Å². The van der Waals surface area contributed by atoms with Crippen LogP contribution in [0.5, 0.6) is 0 Å². The van der Waals surface area contributed by atoms with Crippen molar-refractivity contribution in [2.24, 2.45) is 7.05 Å². The first kappa shape index (κ1) is 15.3. The van der Waals surface area contributed by atoms with Crippen LogP contribution in [0.4, 0.5) is 4.39 Å². The molecule has 1 heterocycles. The van der Waals surface area contributed by atoms with Gasteiger partial charge in [0.2, 0.25) is 0 Å². The SMILES string of the molecule is Cn1ccnc1CCC(C)(O)c1cc(F)c(Cl)cc1Cl. The lowest BCUT2D eigenvalue weighted by atomic mass is 9.91. The van der Waals surface area contributed by atoms with Gasteiger partial charge in [0.05, 0.1) is 10.6 Å². The first-order valence-corrected chi connectivity index (χ1v) is 6.90. The van der Waals surface area contributed by atoms with Gasteiger partial charge in [0, 0.05) is 36.4 Å². The molecule has 6 heteroatoms. The van der Waals surface area contributed by atoms with E-state index in [0.29, 0.717) is 18.4 Å². The molecular formula is C14H15Cl2FN2O. The Bertz CT molecular complexity index is 626. The predicted molar refractivity (Wildman–Crippen MR) is 77.5 cm³/mol. The van der Waals surface area contributed by atoms with Gasteiger partial charge < -0.3 is 9.67 Å². The Morgan fingerprint density at radius 2 is 2.05 bits per heavy atom. The summed E-state index contributed by atoms with van der Waals surface area (Å²) in [4.78, 5) is 4.19. The van der Waals surface area contributed by atoms with E-state index in [-0.39, 0.29) is 10.0 Å². The Morgan fingerprint density at radius 3 is 2.65 bits per heavy atom. The van der Waals surface area contributed by atoms with Gasteiger partial charge in [-0.3, -0.25) is 0 Å². The van der Waals surface area contributed by atoms with Crippen molar-refractivity contribution in [1.29, 1.82) is 0 Å². The molecule has 0 aliphatic rings. The minimum atomic E-state index is -1.26. The summed E-state index contributed by atoms with van der Waals surface area (Å²) in [5, 5.41) is 10.7. The highest BCUT2D eigenvalue weighted by molar-refractivity contribution is 6.35. The summed E-state index contributed by atoms with van der Waals surface area (Å²) >= 11 is 11.7. The van der Waals surface area contributed by atoms with Crippen LogP contribution in [0.15, 0.2) is 24.5 Å². The standard InChI is InChI=1S/C14H15Cl2FN2O/c1-14(20,4-3-13-18-5-6-19(13)2)9-7-12(17)11(16)8-10(9)15/h5-8,20H,3-4H2,1-2H3. The molecule has 1 aromatic carbocycles. The van der Waals surface area contributed by atoms with E-state index in [1.54, 1.807) is 13.1 Å². The Labute approximate surface area is 127 Å². The van der Waals surface area contributed by atoms with Crippen molar-refractivity contribution < 1.29 is 9.50 Å². The van der Waals surface area contributed by atoms with Gasteiger partial charge in [0.25, 0.3) is 0 Å². The molecule has 0 saturated heterocycles. The molecule has 2 aromatic rings. The van der Waals surface area contributed by atoms with E-state index in [1.807, 2.05) is 17.8 Å². The molecule has 0 spiro atoms. The monoisotopic (exact) mass is 316 g/mol. The van der Waals surface area contributed by atoms with Crippen molar-refractivity contribution >= 4 is 23.2 Å². The second-order valence-electron chi connectivity index (χ2n) is 4.97. The average Bonchev–Trinajstić information content (AvgIpc) is 2.77. The first-order chi connectivity index (χ1) is 9.31. The highest BCUT2D eigenvalue weighted by atomic mass is 35.5. The number of hydrogen-bond acceptors (Lipinski definition) is 2. The maximum Gasteiger partial charge on any atom is 0.142 e. The highest BCUT2D eigenvalue weighted by Gasteiger charge is 2.27. The molecule has 1 unspecified atom stereocenters. The molecule has 0 radical (unpaired) electrons. The lowest BCUT2D eigenvalue weighted by molar-refractivity contribution is 0.0471. The zero-order chi connectivity index (χ0) is 14.9. The van der Waals surface area contributed by atoms with Crippen LogP contribution in [0.3, 0.4) is 0 Å². The second kappa shape index (κ2) is 5.72. The van der Waals surface area contributed by atoms with Crippen LogP contribution in [0, 0.1) is 5.82 Å². The first-order valence-electron chi connectivity index (χ1n) is 6.15. The highest BCUT2D eigenvalue weighted by Crippen LogP contribution is 2.34. The molecule has 0 saturated carbocycles. The molecule has 2 rings (SSSR count). The Kier molecular flexibility index (Phi) is 4.37. The molecule has 0 bridgehead atoms. The van der Waals surface area contributed by atoms with Crippen LogP contribution >= 0.6 is 23.2 Å². The van der Waals surface area contributed by atoms with E-state index in [1.165, 1.54) is 12.1 Å². The van der Waals surface area contributed by atoms with Crippen molar-refractivity contribution in [1.82, 2.24) is 9.55 Å². The van der Waals surface area contributed by atoms with Crippen molar-refractivity contribution in [2.75, 3.05) is 0 Å². The lowest BCUT2D eigenvalue weighted by Crippen LogP contribution is -2.23. The van der Waals surface area contributed by atoms with Gasteiger partial charge in [-0.05, 0) is 25.5 Å². The topological polar surface area (TPSA) is 38.0 Å². The summed E-state index contributed by atoms with van der Waals surface area (Å²) < 4.78 is 15.4. The minimum Gasteiger partial charge on any atom is -0.385 e. The maximum absolute atomic E-state index is 13.5. The normalized spacial score (nSPS) is 14.3. The zero-order valence-corrected chi connectivity index (χ0v) is 12.7. The number of rotatable bonds is 4. The summed E-state index contributed by atoms with van der Waals surface area (Å²) in [5.74, 6) is 0.249. The fourth-order valence-electron chi connectivity index (χ4n) is 2.06. The number of aryl methyl sites for hydroxylation is 2. The van der Waals surface area contributed by atoms with E-state index >= 15 is 0 Å². The Balaban J connectivity index is 2.22. The van der Waals surface area contributed by atoms with Crippen LogP contribution in [0.1, 0.15) is 24.7 Å². The molecule has 1 N–H and O–H groups in total. The van der Waals surface area contributed by atoms with E-state index in [9.17, 15) is 9.50 Å². The molecule has 1 aromatic heterocycles. The maximum atomic E-state index is 13.5. The quantitative estimate of drug-likeness (QED) is 0.873. The lowest BCUT2D eigenvalue weighted by Gasteiger charge is -2.25. The van der Waals surface area contributed by atoms with Crippen molar-refractivity contribution in [2.45, 2.75) is 25.4 Å². The van der Waals surface area contributed by atoms with E-state index in [2.05, 4.69) is 4.98 Å². The fraction of sp³-hybridized carbons (Fsp3) is 0.357. The van der Waals surface area contributed by atoms with Crippen LogP contribution in [-0.2, 0) is 19.1 Å². The Hall–Kier alpha value is -1.10. The van der Waals surface area contributed by atoms with Crippen LogP contribution in [-0.4, -0.2) is 14.7 Å². The van der Waals surface area contributed by atoms with E-state index in [4.69, 9.17) is 23.2 Å². The Morgan fingerprint density at radius 1 is 1.35 bits per heavy atom. The number of nitrogens with zero attached hydrogens (tertiary/aromatic N) is 2. The summed E-state index contributed by atoms with van der Waals surface area (Å²) in [6.45, 7) is 1.60. The number of hydrogen-bond donors (Lipinski definition) is 1. The molecule has 0 aliphatic carbocycles. The molecule has 1 atom stereocenters. The molecule has 0 aliphatic heterocycles. The van der Waals surface area contributed by atoms with Gasteiger partial charge in [-0.2, -0.15) is 0 Å². The molecule has 3 nitrogen and oxygen atoms in total. The van der Waals surface area contributed by atoms with Crippen molar-refractivity contribution in [3.8, 4) is 0 Å². The largest absolute Gasteiger partial charge is 0.385 e. The number of imidazole rings is 1. The number of aliphatic hydroxyl groups is 1. The molecule has 20 heavy (non-hydrogen) atoms. The smallest absolute Gasteiger partial charge is 0.142 e. The summed E-state index contributed by atoms with van der Waals surface area (Å²) in [7, 11) is 1.88. The molecule has 0 fully saturated rings. The molecular weight excluding hydrogens is 302 g/mol. The number of aromatic nitrogens is 2. The number of halogens is 3. The molecule has 108 valence electrons. The van der Waals surface area contributed by atoms with Gasteiger partial charge in [-0.1, -0.05) is 23.2 Å². The summed E-state index contributed by atoms with van der Waals surface area (Å²) in [6, 6.07) is 2.49.